The lowest BCUT2D eigenvalue weighted by atomic mass is 9.47. The van der Waals surface area contributed by atoms with Crippen molar-refractivity contribution in [2.24, 2.45) is 46.0 Å². The van der Waals surface area contributed by atoms with Crippen LogP contribution in [0.25, 0.3) is 0 Å². The van der Waals surface area contributed by atoms with Crippen LogP contribution in [-0.2, 0) is 0 Å². The third-order valence-electron chi connectivity index (χ3n) is 8.85. The van der Waals surface area contributed by atoms with Gasteiger partial charge in [0, 0.05) is 12.1 Å². The first-order chi connectivity index (χ1) is 10.9. The Hall–Kier alpha value is -0.340. The second-order valence-electron chi connectivity index (χ2n) is 9.85. The highest BCUT2D eigenvalue weighted by atomic mass is 14.7. The van der Waals surface area contributed by atoms with E-state index in [1.54, 1.807) is 5.57 Å². The molecule has 4 aliphatic carbocycles. The lowest BCUT2D eigenvalue weighted by molar-refractivity contribution is -0.0447. The summed E-state index contributed by atoms with van der Waals surface area (Å²) in [4.78, 5) is 0. The van der Waals surface area contributed by atoms with Crippen molar-refractivity contribution >= 4 is 0 Å². The molecule has 23 heavy (non-hydrogen) atoms. The molecule has 0 bridgehead atoms. The van der Waals surface area contributed by atoms with E-state index in [1.165, 1.54) is 44.9 Å². The van der Waals surface area contributed by atoms with E-state index in [2.05, 4.69) is 26.8 Å². The summed E-state index contributed by atoms with van der Waals surface area (Å²) in [5.41, 5.74) is 15.3. The Morgan fingerprint density at radius 2 is 1.87 bits per heavy atom. The van der Waals surface area contributed by atoms with Gasteiger partial charge in [0.25, 0.3) is 0 Å². The van der Waals surface area contributed by atoms with Crippen molar-refractivity contribution in [3.05, 3.63) is 11.6 Å². The zero-order valence-electron chi connectivity index (χ0n) is 15.4. The highest BCUT2D eigenvalue weighted by molar-refractivity contribution is 5.25. The number of nitrogens with two attached hydrogens (primary N) is 2. The zero-order chi connectivity index (χ0) is 16.4. The van der Waals surface area contributed by atoms with Crippen LogP contribution < -0.4 is 11.5 Å². The summed E-state index contributed by atoms with van der Waals surface area (Å²) >= 11 is 0. The van der Waals surface area contributed by atoms with Crippen LogP contribution in [0.5, 0.6) is 0 Å². The summed E-state index contributed by atoms with van der Waals surface area (Å²) in [6, 6.07) is 0.771. The average molecular weight is 317 g/mol. The molecule has 130 valence electrons. The van der Waals surface area contributed by atoms with Crippen molar-refractivity contribution in [3.63, 3.8) is 0 Å². The quantitative estimate of drug-likeness (QED) is 0.711. The summed E-state index contributed by atoms with van der Waals surface area (Å²) < 4.78 is 0. The van der Waals surface area contributed by atoms with Gasteiger partial charge in [0.05, 0.1) is 0 Å². The SMILES string of the molecule is C[C@@H](N)[C@H]1CC[C@H]2[C@@H]3CC=C4C[C@H](N)CC[C@]4(C)[C@H]3CC[C@]12C. The molecule has 0 aromatic carbocycles. The Kier molecular flexibility index (Phi) is 3.74. The Bertz CT molecular complexity index is 510. The molecule has 0 unspecified atom stereocenters. The normalized spacial score (nSPS) is 53.8. The molecule has 0 heterocycles. The Labute approximate surface area is 142 Å². The van der Waals surface area contributed by atoms with Gasteiger partial charge in [-0.3, -0.25) is 0 Å². The van der Waals surface area contributed by atoms with Gasteiger partial charge >= 0.3 is 0 Å². The fourth-order valence-electron chi connectivity index (χ4n) is 7.59. The minimum atomic E-state index is 0.361. The molecular formula is C21H36N2. The van der Waals surface area contributed by atoms with Crippen molar-refractivity contribution in [1.29, 1.82) is 0 Å². The molecule has 4 rings (SSSR count). The van der Waals surface area contributed by atoms with Crippen LogP contribution in [0.1, 0.15) is 72.1 Å². The molecule has 4 N–H and O–H groups in total. The van der Waals surface area contributed by atoms with Crippen molar-refractivity contribution in [2.45, 2.75) is 84.2 Å². The van der Waals surface area contributed by atoms with Gasteiger partial charge in [-0.2, -0.15) is 0 Å². The summed E-state index contributed by atoms with van der Waals surface area (Å²) in [7, 11) is 0. The molecule has 0 aromatic heterocycles. The molecular weight excluding hydrogens is 280 g/mol. The topological polar surface area (TPSA) is 52.0 Å². The first-order valence-electron chi connectivity index (χ1n) is 10.1. The maximum absolute atomic E-state index is 6.38. The van der Waals surface area contributed by atoms with Gasteiger partial charge in [-0.1, -0.05) is 25.5 Å². The van der Waals surface area contributed by atoms with Gasteiger partial charge < -0.3 is 11.5 Å². The van der Waals surface area contributed by atoms with E-state index in [0.717, 1.165) is 30.1 Å². The predicted octanol–water partition coefficient (Wildman–Crippen LogP) is 4.24. The molecule has 0 aliphatic heterocycles. The average Bonchev–Trinajstić information content (AvgIpc) is 2.85. The molecule has 0 spiro atoms. The number of allylic oxidation sites excluding steroid dienone is 1. The van der Waals surface area contributed by atoms with Crippen LogP contribution in [0.3, 0.4) is 0 Å². The molecule has 3 fully saturated rings. The summed E-state index contributed by atoms with van der Waals surface area (Å²) in [6.07, 6.45) is 13.2. The summed E-state index contributed by atoms with van der Waals surface area (Å²) in [6.45, 7) is 7.39. The van der Waals surface area contributed by atoms with Gasteiger partial charge in [-0.25, -0.2) is 0 Å². The fourth-order valence-corrected chi connectivity index (χ4v) is 7.59. The highest BCUT2D eigenvalue weighted by Crippen LogP contribution is 2.66. The molecule has 2 heteroatoms. The molecule has 0 amide bonds. The van der Waals surface area contributed by atoms with Crippen LogP contribution in [0.2, 0.25) is 0 Å². The Morgan fingerprint density at radius 1 is 1.09 bits per heavy atom. The minimum absolute atomic E-state index is 0.361. The summed E-state index contributed by atoms with van der Waals surface area (Å²) in [5.74, 6) is 3.45. The standard InChI is InChI=1S/C21H36N2/c1-13(22)17-6-7-18-16-5-4-14-12-15(23)8-10-20(14,2)19(16)9-11-21(17,18)3/h4,13,15-19H,5-12,22-23H2,1-3H3/t13-,15-,16+,17-,18+,19+,20+,21-/m1/s1. The van der Waals surface area contributed by atoms with Crippen molar-refractivity contribution in [3.8, 4) is 0 Å². The lowest BCUT2D eigenvalue weighted by Gasteiger charge is -2.58. The molecule has 8 atom stereocenters. The van der Waals surface area contributed by atoms with E-state index < -0.39 is 0 Å². The first-order valence-corrected chi connectivity index (χ1v) is 10.1. The van der Waals surface area contributed by atoms with Gasteiger partial charge in [0.15, 0.2) is 0 Å². The molecule has 0 saturated heterocycles. The second-order valence-corrected chi connectivity index (χ2v) is 9.85. The smallest absolute Gasteiger partial charge is 0.00766 e. The second kappa shape index (κ2) is 5.33. The van der Waals surface area contributed by atoms with Gasteiger partial charge in [0.2, 0.25) is 0 Å². The zero-order valence-corrected chi connectivity index (χ0v) is 15.4. The van der Waals surface area contributed by atoms with Crippen LogP contribution in [-0.4, -0.2) is 12.1 Å². The van der Waals surface area contributed by atoms with Crippen LogP contribution >= 0.6 is 0 Å². The van der Waals surface area contributed by atoms with Crippen molar-refractivity contribution in [1.82, 2.24) is 0 Å². The fraction of sp³-hybridized carbons (Fsp3) is 0.905. The third-order valence-corrected chi connectivity index (χ3v) is 8.85. The van der Waals surface area contributed by atoms with Crippen LogP contribution in [0, 0.1) is 34.5 Å². The molecule has 4 aliphatic rings. The maximum Gasteiger partial charge on any atom is 0.00766 e. The number of hydrogen-bond acceptors (Lipinski definition) is 2. The Morgan fingerprint density at radius 3 is 2.61 bits per heavy atom. The van der Waals surface area contributed by atoms with Gasteiger partial charge in [0.1, 0.15) is 0 Å². The Balaban J connectivity index is 1.65. The molecule has 3 saturated carbocycles. The van der Waals surface area contributed by atoms with Crippen LogP contribution in [0.15, 0.2) is 11.6 Å². The van der Waals surface area contributed by atoms with E-state index in [4.69, 9.17) is 11.5 Å². The molecule has 0 radical (unpaired) electrons. The third kappa shape index (κ3) is 2.20. The largest absolute Gasteiger partial charge is 0.328 e. The monoisotopic (exact) mass is 316 g/mol. The van der Waals surface area contributed by atoms with E-state index in [-0.39, 0.29) is 0 Å². The van der Waals surface area contributed by atoms with Gasteiger partial charge in [-0.05, 0) is 92.8 Å². The van der Waals surface area contributed by atoms with Gasteiger partial charge in [-0.15, -0.1) is 0 Å². The van der Waals surface area contributed by atoms with Crippen LogP contribution in [0.4, 0.5) is 0 Å². The lowest BCUT2D eigenvalue weighted by Crippen LogP contribution is -2.52. The number of hydrogen-bond donors (Lipinski definition) is 2. The van der Waals surface area contributed by atoms with Crippen molar-refractivity contribution in [2.75, 3.05) is 0 Å². The maximum atomic E-state index is 6.38. The summed E-state index contributed by atoms with van der Waals surface area (Å²) in [5, 5.41) is 0. The number of fused-ring (bicyclic) bond motifs is 5. The van der Waals surface area contributed by atoms with E-state index in [1.807, 2.05) is 0 Å². The number of rotatable bonds is 1. The van der Waals surface area contributed by atoms with Crippen molar-refractivity contribution < 1.29 is 0 Å². The molecule has 0 aromatic rings. The van der Waals surface area contributed by atoms with E-state index in [9.17, 15) is 0 Å². The van der Waals surface area contributed by atoms with E-state index in [0.29, 0.717) is 22.9 Å². The molecule has 2 nitrogen and oxygen atoms in total. The first kappa shape index (κ1) is 16.1. The predicted molar refractivity (Wildman–Crippen MR) is 96.8 cm³/mol. The highest BCUT2D eigenvalue weighted by Gasteiger charge is 2.58. The van der Waals surface area contributed by atoms with E-state index >= 15 is 0 Å². The minimum Gasteiger partial charge on any atom is -0.328 e.